The summed E-state index contributed by atoms with van der Waals surface area (Å²) < 4.78 is 10.5. The Labute approximate surface area is 131 Å². The van der Waals surface area contributed by atoms with Gasteiger partial charge >= 0.3 is 5.97 Å². The van der Waals surface area contributed by atoms with Crippen molar-refractivity contribution in [1.82, 2.24) is 0 Å². The van der Waals surface area contributed by atoms with Crippen molar-refractivity contribution in [2.24, 2.45) is 11.1 Å². The minimum absolute atomic E-state index is 0. The van der Waals surface area contributed by atoms with Gasteiger partial charge in [0.15, 0.2) is 0 Å². The van der Waals surface area contributed by atoms with E-state index in [1.807, 2.05) is 20.8 Å². The molecule has 3 N–H and O–H groups in total. The average Bonchev–Trinajstić information content (AvgIpc) is 2.35. The SMILES string of the molecule is COc1ccc([C@](N)(CC(=O)O)C(C)(C)C)c(OC)c1.Cl. The highest BCUT2D eigenvalue weighted by molar-refractivity contribution is 5.85. The predicted molar refractivity (Wildman–Crippen MR) is 84.4 cm³/mol. The molecule has 1 aromatic carbocycles. The van der Waals surface area contributed by atoms with Crippen molar-refractivity contribution < 1.29 is 19.4 Å². The van der Waals surface area contributed by atoms with Crippen LogP contribution in [0.1, 0.15) is 32.8 Å². The van der Waals surface area contributed by atoms with Crippen LogP contribution in [0.15, 0.2) is 18.2 Å². The van der Waals surface area contributed by atoms with Crippen LogP contribution in [0.4, 0.5) is 0 Å². The van der Waals surface area contributed by atoms with E-state index in [-0.39, 0.29) is 18.8 Å². The molecule has 0 spiro atoms. The summed E-state index contributed by atoms with van der Waals surface area (Å²) >= 11 is 0. The lowest BCUT2D eigenvalue weighted by molar-refractivity contribution is -0.139. The summed E-state index contributed by atoms with van der Waals surface area (Å²) in [6, 6.07) is 5.24. The molecule has 0 saturated heterocycles. The van der Waals surface area contributed by atoms with Gasteiger partial charge in [-0.1, -0.05) is 20.8 Å². The second-order valence-electron chi connectivity index (χ2n) is 5.86. The van der Waals surface area contributed by atoms with E-state index < -0.39 is 16.9 Å². The Morgan fingerprint density at radius 3 is 2.19 bits per heavy atom. The molecular formula is C15H24ClNO4. The lowest BCUT2D eigenvalue weighted by Gasteiger charge is -2.41. The number of aliphatic carboxylic acids is 1. The maximum Gasteiger partial charge on any atom is 0.305 e. The predicted octanol–water partition coefficient (Wildman–Crippen LogP) is 2.80. The van der Waals surface area contributed by atoms with Crippen LogP contribution in [-0.4, -0.2) is 25.3 Å². The molecule has 5 nitrogen and oxygen atoms in total. The number of hydrogen-bond donors (Lipinski definition) is 2. The molecule has 0 bridgehead atoms. The zero-order valence-corrected chi connectivity index (χ0v) is 13.9. The Balaban J connectivity index is 0.00000400. The number of carboxylic acids is 1. The van der Waals surface area contributed by atoms with Crippen LogP contribution in [0, 0.1) is 5.41 Å². The maximum absolute atomic E-state index is 11.2. The molecule has 1 atom stereocenters. The second-order valence-corrected chi connectivity index (χ2v) is 5.86. The first-order valence-corrected chi connectivity index (χ1v) is 6.39. The van der Waals surface area contributed by atoms with Crippen molar-refractivity contribution >= 4 is 18.4 Å². The molecule has 6 heteroatoms. The van der Waals surface area contributed by atoms with Crippen molar-refractivity contribution in [3.63, 3.8) is 0 Å². The van der Waals surface area contributed by atoms with Crippen LogP contribution in [0.5, 0.6) is 11.5 Å². The van der Waals surface area contributed by atoms with Gasteiger partial charge in [0.1, 0.15) is 11.5 Å². The van der Waals surface area contributed by atoms with Crippen LogP contribution in [0.2, 0.25) is 0 Å². The van der Waals surface area contributed by atoms with Gasteiger partial charge < -0.3 is 20.3 Å². The van der Waals surface area contributed by atoms with E-state index in [4.69, 9.17) is 15.2 Å². The molecule has 1 rings (SSSR count). The first-order chi connectivity index (χ1) is 9.15. The first-order valence-electron chi connectivity index (χ1n) is 6.39. The van der Waals surface area contributed by atoms with E-state index in [0.29, 0.717) is 17.1 Å². The van der Waals surface area contributed by atoms with Gasteiger partial charge in [-0.2, -0.15) is 0 Å². The number of ether oxygens (including phenoxy) is 2. The molecule has 0 aliphatic rings. The topological polar surface area (TPSA) is 81.8 Å². The number of benzene rings is 1. The Morgan fingerprint density at radius 1 is 1.24 bits per heavy atom. The number of methoxy groups -OCH3 is 2. The van der Waals surface area contributed by atoms with Crippen molar-refractivity contribution in [1.29, 1.82) is 0 Å². The third-order valence-electron chi connectivity index (χ3n) is 3.66. The van der Waals surface area contributed by atoms with E-state index in [9.17, 15) is 9.90 Å². The van der Waals surface area contributed by atoms with Crippen LogP contribution in [0.25, 0.3) is 0 Å². The molecule has 0 aliphatic heterocycles. The molecule has 0 heterocycles. The lowest BCUT2D eigenvalue weighted by atomic mass is 9.68. The second kappa shape index (κ2) is 7.00. The highest BCUT2D eigenvalue weighted by atomic mass is 35.5. The standard InChI is InChI=1S/C15H23NO4.ClH/c1-14(2,3)15(16,9-13(17)18)11-7-6-10(19-4)8-12(11)20-5;/h6-8H,9,16H2,1-5H3,(H,17,18);1H/t15-;/m1./s1. The summed E-state index contributed by atoms with van der Waals surface area (Å²) in [5.74, 6) is 0.223. The number of carboxylic acid groups (broad SMARTS) is 1. The van der Waals surface area contributed by atoms with Crippen molar-refractivity contribution in [2.75, 3.05) is 14.2 Å². The van der Waals surface area contributed by atoms with Gasteiger partial charge in [0.2, 0.25) is 0 Å². The quantitative estimate of drug-likeness (QED) is 0.872. The maximum atomic E-state index is 11.2. The molecular weight excluding hydrogens is 294 g/mol. The molecule has 0 aromatic heterocycles. The molecule has 120 valence electrons. The van der Waals surface area contributed by atoms with Crippen molar-refractivity contribution in [3.05, 3.63) is 23.8 Å². The summed E-state index contributed by atoms with van der Waals surface area (Å²) in [6.45, 7) is 5.75. The molecule has 0 radical (unpaired) electrons. The summed E-state index contributed by atoms with van der Waals surface area (Å²) in [5.41, 5.74) is 5.63. The normalized spacial score (nSPS) is 13.8. The fourth-order valence-electron chi connectivity index (χ4n) is 2.17. The van der Waals surface area contributed by atoms with Crippen LogP contribution < -0.4 is 15.2 Å². The van der Waals surface area contributed by atoms with E-state index in [1.165, 1.54) is 7.11 Å². The van der Waals surface area contributed by atoms with Gasteiger partial charge in [-0.3, -0.25) is 4.79 Å². The molecule has 21 heavy (non-hydrogen) atoms. The Morgan fingerprint density at radius 2 is 1.81 bits per heavy atom. The average molecular weight is 318 g/mol. The van der Waals surface area contributed by atoms with Crippen LogP contribution in [0.3, 0.4) is 0 Å². The van der Waals surface area contributed by atoms with Crippen LogP contribution in [-0.2, 0) is 10.3 Å². The van der Waals surface area contributed by atoms with Gasteiger partial charge in [-0.05, 0) is 17.5 Å². The summed E-state index contributed by atoms with van der Waals surface area (Å²) in [7, 11) is 3.09. The Hall–Kier alpha value is -1.46. The highest BCUT2D eigenvalue weighted by Gasteiger charge is 2.43. The lowest BCUT2D eigenvalue weighted by Crippen LogP contribution is -2.50. The molecule has 0 unspecified atom stereocenters. The smallest absolute Gasteiger partial charge is 0.305 e. The van der Waals surface area contributed by atoms with E-state index >= 15 is 0 Å². The molecule has 0 aliphatic carbocycles. The van der Waals surface area contributed by atoms with Gasteiger partial charge in [-0.15, -0.1) is 12.4 Å². The van der Waals surface area contributed by atoms with Crippen LogP contribution >= 0.6 is 12.4 Å². The molecule has 1 aromatic rings. The van der Waals surface area contributed by atoms with Crippen molar-refractivity contribution in [2.45, 2.75) is 32.7 Å². The van der Waals surface area contributed by atoms with Gasteiger partial charge in [0, 0.05) is 11.6 Å². The molecule has 0 saturated carbocycles. The molecule has 0 amide bonds. The number of hydrogen-bond acceptors (Lipinski definition) is 4. The molecule has 0 fully saturated rings. The third-order valence-corrected chi connectivity index (χ3v) is 3.66. The number of rotatable bonds is 5. The Bertz CT molecular complexity index is 499. The monoisotopic (exact) mass is 317 g/mol. The van der Waals surface area contributed by atoms with Gasteiger partial charge in [0.25, 0.3) is 0 Å². The zero-order chi connectivity index (χ0) is 15.6. The number of halogens is 1. The highest BCUT2D eigenvalue weighted by Crippen LogP contribution is 2.44. The zero-order valence-electron chi connectivity index (χ0n) is 13.1. The van der Waals surface area contributed by atoms with E-state index in [1.54, 1.807) is 25.3 Å². The fraction of sp³-hybridized carbons (Fsp3) is 0.533. The van der Waals surface area contributed by atoms with E-state index in [0.717, 1.165) is 0 Å². The van der Waals surface area contributed by atoms with Crippen molar-refractivity contribution in [3.8, 4) is 11.5 Å². The number of carbonyl (C=O) groups is 1. The first kappa shape index (κ1) is 19.5. The number of nitrogens with two attached hydrogens (primary N) is 1. The fourth-order valence-corrected chi connectivity index (χ4v) is 2.17. The summed E-state index contributed by atoms with van der Waals surface area (Å²) in [5, 5.41) is 9.19. The van der Waals surface area contributed by atoms with Gasteiger partial charge in [0.05, 0.1) is 26.2 Å². The summed E-state index contributed by atoms with van der Waals surface area (Å²) in [6.07, 6.45) is -0.181. The minimum atomic E-state index is -1.05. The van der Waals surface area contributed by atoms with E-state index in [2.05, 4.69) is 0 Å². The largest absolute Gasteiger partial charge is 0.497 e. The third kappa shape index (κ3) is 4.02. The minimum Gasteiger partial charge on any atom is -0.497 e. The Kier molecular flexibility index (Phi) is 6.52. The van der Waals surface area contributed by atoms with Gasteiger partial charge in [-0.25, -0.2) is 0 Å². The summed E-state index contributed by atoms with van der Waals surface area (Å²) in [4.78, 5) is 11.2.